The smallest absolute Gasteiger partial charge is 0.270 e. The van der Waals surface area contributed by atoms with Gasteiger partial charge < -0.3 is 0 Å². The number of thiophene rings is 8. The van der Waals surface area contributed by atoms with E-state index in [1.54, 1.807) is 57.5 Å². The second-order valence-corrected chi connectivity index (χ2v) is 29.6. The lowest BCUT2D eigenvalue weighted by atomic mass is 9.73. The Hall–Kier alpha value is -7.96. The van der Waals surface area contributed by atoms with Gasteiger partial charge in [-0.2, -0.15) is 0 Å². The third kappa shape index (κ3) is 6.53. The lowest BCUT2D eigenvalue weighted by Gasteiger charge is -2.32. The number of benzene rings is 3. The first-order valence-corrected chi connectivity index (χ1v) is 31.8. The molecule has 80 heavy (non-hydrogen) atoms. The van der Waals surface area contributed by atoms with E-state index in [1.807, 2.05) is 93.9 Å². The van der Waals surface area contributed by atoms with E-state index in [0.717, 1.165) is 28.6 Å². The number of Topliss-reactive ketones (excluding diaryl/α,β-unsaturated/α-hetero) is 2. The van der Waals surface area contributed by atoms with E-state index in [0.29, 0.717) is 44.5 Å². The molecular formula is C66H34N4O2S8. The Kier molecular flexibility index (Phi) is 10.9. The molecule has 0 saturated carbocycles. The number of nitrogens with zero attached hydrogens (tertiary/aromatic N) is 4. The van der Waals surface area contributed by atoms with Gasteiger partial charge in [-0.05, 0) is 146 Å². The van der Waals surface area contributed by atoms with Crippen LogP contribution in [-0.4, -0.2) is 11.6 Å². The maximum Gasteiger partial charge on any atom is 0.270 e. The molecule has 0 saturated heterocycles. The molecule has 0 spiro atoms. The fourth-order valence-electron chi connectivity index (χ4n) is 12.6. The van der Waals surface area contributed by atoms with E-state index in [-0.39, 0.29) is 23.0 Å². The number of aryl methyl sites for hydroxylation is 4. The van der Waals surface area contributed by atoms with Gasteiger partial charge in [-0.15, -0.1) is 90.7 Å². The number of nitriles is 2. The van der Waals surface area contributed by atoms with Crippen LogP contribution in [0.25, 0.3) is 72.7 Å². The zero-order valence-corrected chi connectivity index (χ0v) is 49.1. The molecule has 11 aromatic rings. The molecule has 0 atom stereocenters. The third-order valence-corrected chi connectivity index (χ3v) is 25.1. The first-order chi connectivity index (χ1) is 38.9. The first-order valence-electron chi connectivity index (χ1n) is 25.3. The summed E-state index contributed by atoms with van der Waals surface area (Å²) in [4.78, 5) is 49.7. The Bertz CT molecular complexity index is 4580. The van der Waals surface area contributed by atoms with Gasteiger partial charge in [-0.1, -0.05) is 48.5 Å². The Balaban J connectivity index is 1.00. The van der Waals surface area contributed by atoms with Gasteiger partial charge in [0.25, 0.3) is 11.4 Å². The summed E-state index contributed by atoms with van der Waals surface area (Å²) < 4.78 is 4.52. The molecule has 15 rings (SSSR count). The van der Waals surface area contributed by atoms with Gasteiger partial charge in [0, 0.05) is 112 Å². The molecule has 0 aliphatic heterocycles. The van der Waals surface area contributed by atoms with Gasteiger partial charge >= 0.3 is 0 Å². The van der Waals surface area contributed by atoms with E-state index in [1.165, 1.54) is 82.2 Å². The molecule has 0 unspecified atom stereocenters. The second kappa shape index (κ2) is 17.8. The molecule has 378 valence electrons. The second-order valence-electron chi connectivity index (χ2n) is 20.1. The van der Waals surface area contributed by atoms with Gasteiger partial charge in [0.1, 0.15) is 0 Å². The quantitative estimate of drug-likeness (QED) is 0.0942. The number of fused-ring (bicyclic) bond motifs is 12. The van der Waals surface area contributed by atoms with Crippen LogP contribution in [0.4, 0.5) is 0 Å². The van der Waals surface area contributed by atoms with Gasteiger partial charge in [-0.25, -0.2) is 20.2 Å². The van der Waals surface area contributed by atoms with E-state index >= 15 is 0 Å². The van der Waals surface area contributed by atoms with Crippen molar-refractivity contribution in [3.8, 4) is 33.0 Å². The van der Waals surface area contributed by atoms with Crippen LogP contribution < -0.4 is 0 Å². The standard InChI is InChI=1S/C66H34N4O2S8/c1-31-15-19-51(73-31)65(52-20-16-32(2)74-52)45-27-42-46(28-41(45)61-57(65)63-49(79-61)25-35(77-63)23-43-55(47(29-67)69-5)37-11-7-9-13-39(37)59(43)71)66(53-21-17-33(3)75-53,54-22-18-34(4)76-54)58-62(42)80-50-26-36(78-64(50)58)24-44-56(48(30-68)70-6)38-12-8-10-14-40(38)60(44)72/h7-28H,1-4H3/b43-23-,44-24-,55-47-,56-48+. The summed E-state index contributed by atoms with van der Waals surface area (Å²) in [6, 6.07) is 46.4. The summed E-state index contributed by atoms with van der Waals surface area (Å²) in [5.74, 6) is -0.376. The van der Waals surface area contributed by atoms with Crippen molar-refractivity contribution in [3.63, 3.8) is 0 Å². The van der Waals surface area contributed by atoms with Crippen molar-refractivity contribution in [2.45, 2.75) is 38.5 Å². The lowest BCUT2D eigenvalue weighted by Crippen LogP contribution is -2.27. The Morgan fingerprint density at radius 3 is 1.12 bits per heavy atom. The zero-order valence-electron chi connectivity index (χ0n) is 42.6. The highest BCUT2D eigenvalue weighted by atomic mass is 32.1. The van der Waals surface area contributed by atoms with Crippen molar-refractivity contribution in [1.29, 1.82) is 10.5 Å². The van der Waals surface area contributed by atoms with E-state index in [9.17, 15) is 20.1 Å². The molecule has 0 bridgehead atoms. The average molecular weight is 1170 g/mol. The normalized spacial score (nSPS) is 17.3. The van der Waals surface area contributed by atoms with Crippen LogP contribution in [0.15, 0.2) is 144 Å². The topological polar surface area (TPSA) is 90.4 Å². The van der Waals surface area contributed by atoms with Gasteiger partial charge in [0.2, 0.25) is 0 Å². The predicted octanol–water partition coefficient (Wildman–Crippen LogP) is 19.3. The van der Waals surface area contributed by atoms with Crippen molar-refractivity contribution >= 4 is 144 Å². The summed E-state index contributed by atoms with van der Waals surface area (Å²) in [6.07, 6.45) is 3.80. The van der Waals surface area contributed by atoms with Gasteiger partial charge in [0.15, 0.2) is 11.6 Å². The molecule has 0 radical (unpaired) electrons. The Labute approximate surface area is 491 Å². The number of carbonyl (C=O) groups excluding carboxylic acids is 2. The molecule has 4 aliphatic carbocycles. The summed E-state index contributed by atoms with van der Waals surface area (Å²) in [5.41, 5.74) is 9.51. The fraction of sp³-hybridized carbons (Fsp3) is 0.0909. The van der Waals surface area contributed by atoms with E-state index < -0.39 is 10.8 Å². The maximum atomic E-state index is 14.3. The van der Waals surface area contributed by atoms with Crippen LogP contribution >= 0.6 is 90.7 Å². The number of carbonyl (C=O) groups is 2. The molecule has 4 aliphatic rings. The highest BCUT2D eigenvalue weighted by Crippen LogP contribution is 2.69. The maximum absolute atomic E-state index is 14.3. The molecule has 8 heterocycles. The predicted molar refractivity (Wildman–Crippen MR) is 334 cm³/mol. The monoisotopic (exact) mass is 1170 g/mol. The van der Waals surface area contributed by atoms with Crippen molar-refractivity contribution in [2.24, 2.45) is 0 Å². The average Bonchev–Trinajstić information content (AvgIpc) is 4.04. The van der Waals surface area contributed by atoms with E-state index in [2.05, 4.69) is 122 Å². The fourth-order valence-corrected chi connectivity index (χ4v) is 22.6. The molecule has 14 heteroatoms. The molecule has 0 N–H and O–H groups in total. The van der Waals surface area contributed by atoms with Crippen LogP contribution in [0, 0.1) is 63.5 Å². The first kappa shape index (κ1) is 49.1. The van der Waals surface area contributed by atoms with Crippen molar-refractivity contribution in [3.05, 3.63) is 260 Å². The number of hydrogen-bond donors (Lipinski definition) is 0. The summed E-state index contributed by atoms with van der Waals surface area (Å²) >= 11 is 14.3. The van der Waals surface area contributed by atoms with Crippen LogP contribution in [0.5, 0.6) is 0 Å². The molecule has 6 nitrogen and oxygen atoms in total. The Morgan fingerprint density at radius 2 is 0.812 bits per heavy atom. The summed E-state index contributed by atoms with van der Waals surface area (Å²) in [7, 11) is 0. The number of allylic oxidation sites excluding steroid dienone is 6. The SMILES string of the molecule is [C-]#[N+]/C(C#N)=C1\C(=C\c2cc3sc4c(c3s2)C(c2ccc(C)s2)(c2ccc(C)s2)c2cc3c(cc2-4)C(c2ccc(C)s2)(c2ccc(C)s2)c2c-3sc3cc(/C=C4\C(=O)c5ccccc5\C4=C(\C#N)[N+]#[C-])sc23)C(=O)c2ccccc21. The van der Waals surface area contributed by atoms with Crippen LogP contribution in [-0.2, 0) is 10.8 Å². The molecule has 3 aromatic carbocycles. The lowest BCUT2D eigenvalue weighted by molar-refractivity contribution is 0.103. The summed E-state index contributed by atoms with van der Waals surface area (Å²) in [5, 5.41) is 20.4. The van der Waals surface area contributed by atoms with Gasteiger partial charge in [0.05, 0.1) is 45.5 Å². The van der Waals surface area contributed by atoms with Crippen molar-refractivity contribution in [1.82, 2.24) is 0 Å². The highest BCUT2D eigenvalue weighted by Gasteiger charge is 2.56. The van der Waals surface area contributed by atoms with Crippen LogP contribution in [0.1, 0.15) is 103 Å². The summed E-state index contributed by atoms with van der Waals surface area (Å²) in [6.45, 7) is 24.6. The molecule has 0 fully saturated rings. The van der Waals surface area contributed by atoms with Crippen LogP contribution in [0.2, 0.25) is 0 Å². The molecule has 0 amide bonds. The van der Waals surface area contributed by atoms with Crippen molar-refractivity contribution in [2.75, 3.05) is 0 Å². The largest absolute Gasteiger partial charge is 0.289 e. The minimum Gasteiger partial charge on any atom is -0.289 e. The van der Waals surface area contributed by atoms with Crippen molar-refractivity contribution < 1.29 is 9.59 Å². The zero-order chi connectivity index (χ0) is 54.7. The third-order valence-electron chi connectivity index (χ3n) is 15.8. The minimum atomic E-state index is -0.698. The van der Waals surface area contributed by atoms with Gasteiger partial charge in [-0.3, -0.25) is 9.59 Å². The number of ketones is 2. The molecule has 8 aromatic heterocycles. The number of rotatable bonds is 6. The Morgan fingerprint density at radius 1 is 0.463 bits per heavy atom. The molecular weight excluding hydrogens is 1140 g/mol. The van der Waals surface area contributed by atoms with Crippen LogP contribution in [0.3, 0.4) is 0 Å². The minimum absolute atomic E-state index is 0.0959. The van der Waals surface area contributed by atoms with E-state index in [4.69, 9.17) is 13.1 Å². The number of hydrogen-bond acceptors (Lipinski definition) is 12. The highest BCUT2D eigenvalue weighted by molar-refractivity contribution is 7.31.